The zero-order chi connectivity index (χ0) is 13.1. The van der Waals surface area contributed by atoms with Crippen LogP contribution in [0.2, 0.25) is 5.02 Å². The maximum Gasteiger partial charge on any atom is 0.244 e. The Kier molecular flexibility index (Phi) is 3.73. The molecule has 1 N–H and O–H groups in total. The van der Waals surface area contributed by atoms with Gasteiger partial charge in [0, 0.05) is 23.3 Å². The van der Waals surface area contributed by atoms with Crippen molar-refractivity contribution in [1.29, 1.82) is 5.26 Å². The summed E-state index contributed by atoms with van der Waals surface area (Å²) in [7, 11) is 0. The number of benzene rings is 1. The van der Waals surface area contributed by atoms with Gasteiger partial charge in [0.1, 0.15) is 6.04 Å². The van der Waals surface area contributed by atoms with Crippen LogP contribution in [0.5, 0.6) is 0 Å². The van der Waals surface area contributed by atoms with Crippen molar-refractivity contribution in [3.05, 3.63) is 29.3 Å². The quantitative estimate of drug-likeness (QED) is 0.887. The molecule has 0 saturated carbocycles. The van der Waals surface area contributed by atoms with Crippen molar-refractivity contribution in [1.82, 2.24) is 5.32 Å². The zero-order valence-electron chi connectivity index (χ0n) is 10.1. The van der Waals surface area contributed by atoms with E-state index in [1.807, 2.05) is 24.0 Å². The van der Waals surface area contributed by atoms with Crippen LogP contribution in [0.15, 0.2) is 24.3 Å². The molecule has 0 spiro atoms. The van der Waals surface area contributed by atoms with Gasteiger partial charge in [-0.2, -0.15) is 5.26 Å². The monoisotopic (exact) mass is 263 g/mol. The second kappa shape index (κ2) is 5.28. The van der Waals surface area contributed by atoms with Gasteiger partial charge in [0.15, 0.2) is 0 Å². The maximum atomic E-state index is 11.9. The van der Waals surface area contributed by atoms with Gasteiger partial charge < -0.3 is 10.2 Å². The molecule has 18 heavy (non-hydrogen) atoms. The van der Waals surface area contributed by atoms with Crippen LogP contribution in [0, 0.1) is 11.3 Å². The lowest BCUT2D eigenvalue weighted by atomic mass is 10.1. The Bertz CT molecular complexity index is 480. The van der Waals surface area contributed by atoms with E-state index in [2.05, 4.69) is 11.4 Å². The minimum atomic E-state index is -0.424. The molecule has 1 aliphatic rings. The molecule has 5 heteroatoms. The predicted octanol–water partition coefficient (Wildman–Crippen LogP) is 1.95. The summed E-state index contributed by atoms with van der Waals surface area (Å²) >= 11 is 5.86. The van der Waals surface area contributed by atoms with Crippen LogP contribution >= 0.6 is 11.6 Å². The molecule has 2 rings (SSSR count). The van der Waals surface area contributed by atoms with Gasteiger partial charge in [-0.3, -0.25) is 4.79 Å². The standard InChI is InChI=1S/C13H14ClN3O/c1-9-8-17(11-4-2-10(14)3-5-11)12(6-7-15)13(18)16-9/h2-5,9,12H,6,8H2,1H3,(H,16,18). The van der Waals surface area contributed by atoms with Crippen molar-refractivity contribution in [3.8, 4) is 6.07 Å². The van der Waals surface area contributed by atoms with E-state index in [1.54, 1.807) is 12.1 Å². The summed E-state index contributed by atoms with van der Waals surface area (Å²) in [6.45, 7) is 2.64. The molecule has 1 amide bonds. The second-order valence-corrected chi connectivity index (χ2v) is 4.85. The molecular formula is C13H14ClN3O. The van der Waals surface area contributed by atoms with Gasteiger partial charge >= 0.3 is 0 Å². The molecule has 1 aliphatic heterocycles. The summed E-state index contributed by atoms with van der Waals surface area (Å²) in [5, 5.41) is 12.4. The van der Waals surface area contributed by atoms with Gasteiger partial charge in [0.05, 0.1) is 12.5 Å². The highest BCUT2D eigenvalue weighted by Gasteiger charge is 2.32. The van der Waals surface area contributed by atoms with Gasteiger partial charge in [-0.1, -0.05) is 11.6 Å². The summed E-state index contributed by atoms with van der Waals surface area (Å²) in [5.41, 5.74) is 0.918. The molecular weight excluding hydrogens is 250 g/mol. The lowest BCUT2D eigenvalue weighted by molar-refractivity contribution is -0.124. The first-order valence-corrected chi connectivity index (χ1v) is 6.19. The molecule has 1 fully saturated rings. The maximum absolute atomic E-state index is 11.9. The number of hydrogen-bond donors (Lipinski definition) is 1. The third-order valence-electron chi connectivity index (χ3n) is 2.98. The number of amides is 1. The summed E-state index contributed by atoms with van der Waals surface area (Å²) in [5.74, 6) is -0.0924. The number of carbonyl (C=O) groups excluding carboxylic acids is 1. The molecule has 94 valence electrons. The first kappa shape index (κ1) is 12.7. The van der Waals surface area contributed by atoms with E-state index in [0.717, 1.165) is 5.69 Å². The van der Waals surface area contributed by atoms with E-state index in [9.17, 15) is 4.79 Å². The Morgan fingerprint density at radius 2 is 2.17 bits per heavy atom. The van der Waals surface area contributed by atoms with Crippen LogP contribution in [0.4, 0.5) is 5.69 Å². The highest BCUT2D eigenvalue weighted by Crippen LogP contribution is 2.23. The molecule has 1 saturated heterocycles. The molecule has 0 aliphatic carbocycles. The van der Waals surface area contributed by atoms with Crippen molar-refractivity contribution in [2.45, 2.75) is 25.4 Å². The van der Waals surface area contributed by atoms with Crippen LogP contribution in [-0.2, 0) is 4.79 Å². The smallest absolute Gasteiger partial charge is 0.244 e. The lowest BCUT2D eigenvalue weighted by Gasteiger charge is -2.39. The molecule has 4 nitrogen and oxygen atoms in total. The summed E-state index contributed by atoms with van der Waals surface area (Å²) in [6, 6.07) is 9.04. The molecule has 1 heterocycles. The molecule has 1 aromatic rings. The normalized spacial score (nSPS) is 23.4. The van der Waals surface area contributed by atoms with E-state index >= 15 is 0 Å². The van der Waals surface area contributed by atoms with Crippen molar-refractivity contribution in [2.24, 2.45) is 0 Å². The fraction of sp³-hybridized carbons (Fsp3) is 0.385. The lowest BCUT2D eigenvalue weighted by Crippen LogP contribution is -2.59. The van der Waals surface area contributed by atoms with Crippen molar-refractivity contribution < 1.29 is 4.79 Å². The fourth-order valence-electron chi connectivity index (χ4n) is 2.16. The van der Waals surface area contributed by atoms with E-state index in [0.29, 0.717) is 11.6 Å². The number of hydrogen-bond acceptors (Lipinski definition) is 3. The number of piperazine rings is 1. The van der Waals surface area contributed by atoms with Crippen molar-refractivity contribution >= 4 is 23.2 Å². The van der Waals surface area contributed by atoms with Crippen molar-refractivity contribution in [3.63, 3.8) is 0 Å². The third kappa shape index (κ3) is 2.57. The Labute approximate surface area is 111 Å². The van der Waals surface area contributed by atoms with Gasteiger partial charge in [0.25, 0.3) is 0 Å². The first-order chi connectivity index (χ1) is 8.61. The second-order valence-electron chi connectivity index (χ2n) is 4.42. The van der Waals surface area contributed by atoms with Gasteiger partial charge in [-0.15, -0.1) is 0 Å². The minimum Gasteiger partial charge on any atom is -0.357 e. The Morgan fingerprint density at radius 3 is 2.78 bits per heavy atom. The summed E-state index contributed by atoms with van der Waals surface area (Å²) in [6.07, 6.45) is 0.182. The van der Waals surface area contributed by atoms with Gasteiger partial charge in [-0.05, 0) is 31.2 Å². The Morgan fingerprint density at radius 1 is 1.50 bits per heavy atom. The molecule has 0 radical (unpaired) electrons. The molecule has 0 aromatic heterocycles. The van der Waals surface area contributed by atoms with E-state index < -0.39 is 6.04 Å². The van der Waals surface area contributed by atoms with Crippen LogP contribution in [-0.4, -0.2) is 24.5 Å². The SMILES string of the molecule is CC1CN(c2ccc(Cl)cc2)C(CC#N)C(=O)N1. The number of anilines is 1. The number of nitrogens with zero attached hydrogens (tertiary/aromatic N) is 2. The largest absolute Gasteiger partial charge is 0.357 e. The number of nitrogens with one attached hydrogen (secondary N) is 1. The van der Waals surface area contributed by atoms with E-state index in [4.69, 9.17) is 16.9 Å². The number of nitriles is 1. The van der Waals surface area contributed by atoms with E-state index in [1.165, 1.54) is 0 Å². The molecule has 1 aromatic carbocycles. The fourth-order valence-corrected chi connectivity index (χ4v) is 2.28. The van der Waals surface area contributed by atoms with Gasteiger partial charge in [0.2, 0.25) is 5.91 Å². The van der Waals surface area contributed by atoms with Gasteiger partial charge in [-0.25, -0.2) is 0 Å². The number of rotatable bonds is 2. The molecule has 2 atom stereocenters. The van der Waals surface area contributed by atoms with Crippen LogP contribution < -0.4 is 10.2 Å². The topological polar surface area (TPSA) is 56.1 Å². The highest BCUT2D eigenvalue weighted by atomic mass is 35.5. The Balaban J connectivity index is 2.29. The zero-order valence-corrected chi connectivity index (χ0v) is 10.8. The summed E-state index contributed by atoms with van der Waals surface area (Å²) < 4.78 is 0. The van der Waals surface area contributed by atoms with Crippen LogP contribution in [0.25, 0.3) is 0 Å². The number of halogens is 1. The minimum absolute atomic E-state index is 0.0723. The van der Waals surface area contributed by atoms with E-state index in [-0.39, 0.29) is 18.4 Å². The predicted molar refractivity (Wildman–Crippen MR) is 70.4 cm³/mol. The number of carbonyl (C=O) groups is 1. The van der Waals surface area contributed by atoms with Crippen molar-refractivity contribution in [2.75, 3.05) is 11.4 Å². The van der Waals surface area contributed by atoms with Crippen LogP contribution in [0.3, 0.4) is 0 Å². The highest BCUT2D eigenvalue weighted by molar-refractivity contribution is 6.30. The first-order valence-electron chi connectivity index (χ1n) is 5.81. The molecule has 2 unspecified atom stereocenters. The average Bonchev–Trinajstić information content (AvgIpc) is 2.33. The summed E-state index contributed by atoms with van der Waals surface area (Å²) in [4.78, 5) is 13.9. The third-order valence-corrected chi connectivity index (χ3v) is 3.23. The molecule has 0 bridgehead atoms. The average molecular weight is 264 g/mol. The Hall–Kier alpha value is -1.73. The van der Waals surface area contributed by atoms with Crippen LogP contribution in [0.1, 0.15) is 13.3 Å².